The normalized spacial score (nSPS) is 8.83. The first-order valence-electron chi connectivity index (χ1n) is 4.06. The van der Waals surface area contributed by atoms with E-state index in [9.17, 15) is 0 Å². The molecule has 0 atom stereocenters. The van der Waals surface area contributed by atoms with Crippen LogP contribution in [0.5, 0.6) is 0 Å². The molecule has 1 nitrogen and oxygen atoms in total. The molecule has 0 aliphatic heterocycles. The number of aliphatic hydroxyl groups is 1. The van der Waals surface area contributed by atoms with Crippen LogP contribution in [0, 0.1) is 11.8 Å². The number of benzene rings is 1. The van der Waals surface area contributed by atoms with E-state index in [0.29, 0.717) is 0 Å². The Balaban J connectivity index is 2.97. The van der Waals surface area contributed by atoms with Gasteiger partial charge in [-0.15, -0.1) is 0 Å². The third-order valence-electron chi connectivity index (χ3n) is 1.70. The van der Waals surface area contributed by atoms with E-state index in [1.54, 1.807) is 0 Å². The molecule has 0 unspecified atom stereocenters. The molecule has 1 aromatic carbocycles. The van der Waals surface area contributed by atoms with Gasteiger partial charge in [0.05, 0.1) is 0 Å². The van der Waals surface area contributed by atoms with Crippen molar-refractivity contribution in [1.29, 1.82) is 0 Å². The first-order valence-corrected chi connectivity index (χ1v) is 4.06. The van der Waals surface area contributed by atoms with Gasteiger partial charge in [0.15, 0.2) is 0 Å². The van der Waals surface area contributed by atoms with Gasteiger partial charge >= 0.3 is 0 Å². The lowest BCUT2D eigenvalue weighted by Crippen LogP contribution is -1.86. The molecule has 12 heavy (non-hydrogen) atoms. The van der Waals surface area contributed by atoms with E-state index in [1.807, 2.05) is 18.2 Å². The first-order chi connectivity index (χ1) is 5.88. The number of hydrogen-bond donors (Lipinski definition) is 1. The second-order valence-corrected chi connectivity index (χ2v) is 2.47. The van der Waals surface area contributed by atoms with Gasteiger partial charge in [0, 0.05) is 5.56 Å². The van der Waals surface area contributed by atoms with E-state index in [-0.39, 0.29) is 6.61 Å². The zero-order valence-electron chi connectivity index (χ0n) is 7.17. The van der Waals surface area contributed by atoms with Crippen molar-refractivity contribution in [2.45, 2.75) is 13.3 Å². The minimum atomic E-state index is -0.0714. The molecule has 0 amide bonds. The molecule has 1 N–H and O–H groups in total. The summed E-state index contributed by atoms with van der Waals surface area (Å²) in [7, 11) is 0. The zero-order valence-corrected chi connectivity index (χ0v) is 7.17. The Kier molecular flexibility index (Phi) is 3.37. The summed E-state index contributed by atoms with van der Waals surface area (Å²) < 4.78 is 0. The Morgan fingerprint density at radius 1 is 1.33 bits per heavy atom. The van der Waals surface area contributed by atoms with Gasteiger partial charge in [0.25, 0.3) is 0 Å². The molecular weight excluding hydrogens is 148 g/mol. The van der Waals surface area contributed by atoms with E-state index >= 15 is 0 Å². The molecule has 0 fully saturated rings. The van der Waals surface area contributed by atoms with Gasteiger partial charge in [0.1, 0.15) is 6.61 Å². The Bertz CT molecular complexity index is 304. The lowest BCUT2D eigenvalue weighted by atomic mass is 10.1. The number of hydrogen-bond acceptors (Lipinski definition) is 1. The van der Waals surface area contributed by atoms with Crippen LogP contribution < -0.4 is 0 Å². The van der Waals surface area contributed by atoms with Gasteiger partial charge in [-0.05, 0) is 18.1 Å². The molecule has 0 aromatic heterocycles. The van der Waals surface area contributed by atoms with E-state index in [0.717, 1.165) is 12.0 Å². The third kappa shape index (κ3) is 2.11. The summed E-state index contributed by atoms with van der Waals surface area (Å²) in [5.41, 5.74) is 2.26. The van der Waals surface area contributed by atoms with E-state index in [2.05, 4.69) is 24.8 Å². The van der Waals surface area contributed by atoms with E-state index < -0.39 is 0 Å². The van der Waals surface area contributed by atoms with Gasteiger partial charge < -0.3 is 5.11 Å². The van der Waals surface area contributed by atoms with Crippen LogP contribution in [0.4, 0.5) is 0 Å². The summed E-state index contributed by atoms with van der Waals surface area (Å²) in [5.74, 6) is 5.56. The minimum Gasteiger partial charge on any atom is -0.384 e. The second-order valence-electron chi connectivity index (χ2n) is 2.47. The maximum absolute atomic E-state index is 8.52. The molecule has 1 heteroatoms. The van der Waals surface area contributed by atoms with Crippen LogP contribution in [-0.2, 0) is 6.42 Å². The number of rotatable bonds is 1. The van der Waals surface area contributed by atoms with Crippen LogP contribution >= 0.6 is 0 Å². The quantitative estimate of drug-likeness (QED) is 0.618. The number of aliphatic hydroxyl groups excluding tert-OH is 1. The van der Waals surface area contributed by atoms with Crippen molar-refractivity contribution in [2.24, 2.45) is 0 Å². The molecule has 62 valence electrons. The average molecular weight is 160 g/mol. The molecule has 0 aliphatic carbocycles. The Labute approximate surface area is 73.0 Å². The molecule has 0 aliphatic rings. The molecule has 0 heterocycles. The average Bonchev–Trinajstić information content (AvgIpc) is 2.15. The van der Waals surface area contributed by atoms with Crippen LogP contribution in [-0.4, -0.2) is 11.7 Å². The van der Waals surface area contributed by atoms with Crippen LogP contribution in [0.3, 0.4) is 0 Å². The van der Waals surface area contributed by atoms with Crippen LogP contribution in [0.15, 0.2) is 24.3 Å². The van der Waals surface area contributed by atoms with Crippen LogP contribution in [0.2, 0.25) is 0 Å². The molecule has 1 aromatic rings. The van der Waals surface area contributed by atoms with Crippen molar-refractivity contribution in [1.82, 2.24) is 0 Å². The van der Waals surface area contributed by atoms with E-state index in [1.165, 1.54) is 5.56 Å². The molecule has 0 radical (unpaired) electrons. The highest BCUT2D eigenvalue weighted by Gasteiger charge is 1.93. The fraction of sp³-hybridized carbons (Fsp3) is 0.273. The summed E-state index contributed by atoms with van der Waals surface area (Å²) in [6.07, 6.45) is 0.982. The molecule has 0 saturated carbocycles. The summed E-state index contributed by atoms with van der Waals surface area (Å²) in [5, 5.41) is 8.52. The highest BCUT2D eigenvalue weighted by atomic mass is 16.2. The maximum Gasteiger partial charge on any atom is 0.104 e. The summed E-state index contributed by atoms with van der Waals surface area (Å²) in [4.78, 5) is 0. The Hall–Kier alpha value is -1.26. The highest BCUT2D eigenvalue weighted by Crippen LogP contribution is 2.06. The van der Waals surface area contributed by atoms with Crippen molar-refractivity contribution in [3.05, 3.63) is 35.4 Å². The van der Waals surface area contributed by atoms with Crippen molar-refractivity contribution < 1.29 is 5.11 Å². The summed E-state index contributed by atoms with van der Waals surface area (Å²) in [6.45, 7) is 2.03. The fourth-order valence-corrected chi connectivity index (χ4v) is 1.09. The highest BCUT2D eigenvalue weighted by molar-refractivity contribution is 5.41. The molecule has 0 saturated heterocycles. The topological polar surface area (TPSA) is 20.2 Å². The summed E-state index contributed by atoms with van der Waals surface area (Å²) >= 11 is 0. The van der Waals surface area contributed by atoms with Gasteiger partial charge in [-0.3, -0.25) is 0 Å². The largest absolute Gasteiger partial charge is 0.384 e. The maximum atomic E-state index is 8.52. The predicted molar refractivity (Wildman–Crippen MR) is 49.8 cm³/mol. The van der Waals surface area contributed by atoms with Crippen molar-refractivity contribution in [3.63, 3.8) is 0 Å². The lowest BCUT2D eigenvalue weighted by molar-refractivity contribution is 0.350. The Morgan fingerprint density at radius 2 is 2.08 bits per heavy atom. The van der Waals surface area contributed by atoms with Crippen molar-refractivity contribution in [2.75, 3.05) is 6.61 Å². The fourth-order valence-electron chi connectivity index (χ4n) is 1.09. The molecular formula is C11H12O. The summed E-state index contributed by atoms with van der Waals surface area (Å²) in [6, 6.07) is 7.99. The molecule has 0 spiro atoms. The molecule has 0 bridgehead atoms. The van der Waals surface area contributed by atoms with Gasteiger partial charge in [-0.2, -0.15) is 0 Å². The smallest absolute Gasteiger partial charge is 0.104 e. The monoisotopic (exact) mass is 160 g/mol. The van der Waals surface area contributed by atoms with Crippen molar-refractivity contribution in [3.8, 4) is 11.8 Å². The number of aryl methyl sites for hydroxylation is 1. The lowest BCUT2D eigenvalue weighted by Gasteiger charge is -1.98. The van der Waals surface area contributed by atoms with E-state index in [4.69, 9.17) is 5.11 Å². The molecule has 1 rings (SSSR count). The second kappa shape index (κ2) is 4.58. The third-order valence-corrected chi connectivity index (χ3v) is 1.70. The first kappa shape index (κ1) is 8.83. The Morgan fingerprint density at radius 3 is 2.75 bits per heavy atom. The predicted octanol–water partition coefficient (Wildman–Crippen LogP) is 1.59. The van der Waals surface area contributed by atoms with Crippen molar-refractivity contribution >= 4 is 0 Å². The SMILES string of the molecule is CCc1ccccc1C#CCO. The van der Waals surface area contributed by atoms with Gasteiger partial charge in [-0.1, -0.05) is 37.0 Å². The van der Waals surface area contributed by atoms with Crippen LogP contribution in [0.25, 0.3) is 0 Å². The van der Waals surface area contributed by atoms with Gasteiger partial charge in [0.2, 0.25) is 0 Å². The minimum absolute atomic E-state index is 0.0714. The standard InChI is InChI=1S/C11H12O/c1-2-10-6-3-4-7-11(10)8-5-9-12/h3-4,6-7,12H,2,9H2,1H3. The van der Waals surface area contributed by atoms with Crippen LogP contribution in [0.1, 0.15) is 18.1 Å². The van der Waals surface area contributed by atoms with Gasteiger partial charge in [-0.25, -0.2) is 0 Å². The zero-order chi connectivity index (χ0) is 8.81.